The molecule has 2 aromatic rings. The Labute approximate surface area is 135 Å². The second kappa shape index (κ2) is 6.85. The highest BCUT2D eigenvalue weighted by Gasteiger charge is 2.08. The van der Waals surface area contributed by atoms with E-state index in [2.05, 4.69) is 15.9 Å². The van der Waals surface area contributed by atoms with Crippen LogP contribution in [0.3, 0.4) is 0 Å². The zero-order chi connectivity index (χ0) is 13.8. The number of hydrogen-bond donors (Lipinski definition) is 0. The van der Waals surface area contributed by atoms with Crippen molar-refractivity contribution in [3.8, 4) is 5.75 Å². The molecule has 0 saturated heterocycles. The number of ether oxygens (including phenoxy) is 1. The van der Waals surface area contributed by atoms with Crippen LogP contribution in [0.1, 0.15) is 11.1 Å². The van der Waals surface area contributed by atoms with Gasteiger partial charge in [0.05, 0.1) is 5.02 Å². The predicted octanol–water partition coefficient (Wildman–Crippen LogP) is 6.12. The van der Waals surface area contributed by atoms with Gasteiger partial charge in [-0.3, -0.25) is 0 Å². The standard InChI is InChI=1S/C14H10BrCl3O/c15-7-9-4-5-14(13(18)6-9)19-8-10-11(16)2-1-3-12(10)17/h1-6H,7-8H2. The van der Waals surface area contributed by atoms with Gasteiger partial charge < -0.3 is 4.74 Å². The molecule has 0 amide bonds. The first-order valence-corrected chi connectivity index (χ1v) is 7.77. The Kier molecular flexibility index (Phi) is 5.40. The summed E-state index contributed by atoms with van der Waals surface area (Å²) in [6.45, 7) is 0.284. The van der Waals surface area contributed by atoms with Gasteiger partial charge in [0.15, 0.2) is 0 Å². The Morgan fingerprint density at radius 2 is 1.63 bits per heavy atom. The van der Waals surface area contributed by atoms with Gasteiger partial charge in [0.25, 0.3) is 0 Å². The van der Waals surface area contributed by atoms with Gasteiger partial charge >= 0.3 is 0 Å². The maximum Gasteiger partial charge on any atom is 0.138 e. The summed E-state index contributed by atoms with van der Waals surface area (Å²) in [4.78, 5) is 0. The first kappa shape index (κ1) is 15.0. The van der Waals surface area contributed by atoms with E-state index >= 15 is 0 Å². The summed E-state index contributed by atoms with van der Waals surface area (Å²) in [7, 11) is 0. The molecule has 0 unspecified atom stereocenters. The average Bonchev–Trinajstić information content (AvgIpc) is 2.39. The lowest BCUT2D eigenvalue weighted by Crippen LogP contribution is -1.98. The van der Waals surface area contributed by atoms with Gasteiger partial charge in [-0.1, -0.05) is 62.9 Å². The second-order valence-corrected chi connectivity index (χ2v) is 5.67. The van der Waals surface area contributed by atoms with Crippen molar-refractivity contribution in [1.29, 1.82) is 0 Å². The molecule has 0 radical (unpaired) electrons. The monoisotopic (exact) mass is 378 g/mol. The van der Waals surface area contributed by atoms with E-state index in [9.17, 15) is 0 Å². The zero-order valence-corrected chi connectivity index (χ0v) is 13.7. The van der Waals surface area contributed by atoms with Crippen LogP contribution in [0, 0.1) is 0 Å². The maximum atomic E-state index is 6.14. The number of halogens is 4. The van der Waals surface area contributed by atoms with Gasteiger partial charge in [-0.25, -0.2) is 0 Å². The van der Waals surface area contributed by atoms with Gasteiger partial charge in [0.2, 0.25) is 0 Å². The fourth-order valence-electron chi connectivity index (χ4n) is 1.56. The molecule has 2 rings (SSSR count). The normalized spacial score (nSPS) is 10.5. The summed E-state index contributed by atoms with van der Waals surface area (Å²) < 4.78 is 5.67. The maximum absolute atomic E-state index is 6.14. The number of alkyl halides is 1. The van der Waals surface area contributed by atoms with Crippen molar-refractivity contribution in [3.63, 3.8) is 0 Å². The van der Waals surface area contributed by atoms with Crippen molar-refractivity contribution in [1.82, 2.24) is 0 Å². The Balaban J connectivity index is 2.15. The van der Waals surface area contributed by atoms with Crippen molar-refractivity contribution in [2.75, 3.05) is 0 Å². The molecule has 0 saturated carbocycles. The molecule has 2 aromatic carbocycles. The molecule has 0 aliphatic heterocycles. The number of benzene rings is 2. The molecule has 0 N–H and O–H groups in total. The molecule has 0 spiro atoms. The first-order valence-electron chi connectivity index (χ1n) is 5.52. The minimum atomic E-state index is 0.284. The van der Waals surface area contributed by atoms with E-state index in [1.807, 2.05) is 18.2 Å². The molecule has 100 valence electrons. The Bertz CT molecular complexity index is 567. The largest absolute Gasteiger partial charge is 0.487 e. The fourth-order valence-corrected chi connectivity index (χ4v) is 2.68. The highest BCUT2D eigenvalue weighted by molar-refractivity contribution is 9.08. The minimum absolute atomic E-state index is 0.284. The molecule has 0 fully saturated rings. The van der Waals surface area contributed by atoms with Crippen LogP contribution in [0.2, 0.25) is 15.1 Å². The summed E-state index contributed by atoms with van der Waals surface area (Å²) in [5.74, 6) is 0.613. The smallest absolute Gasteiger partial charge is 0.138 e. The van der Waals surface area contributed by atoms with Crippen LogP contribution < -0.4 is 4.74 Å². The van der Waals surface area contributed by atoms with Gasteiger partial charge in [-0.05, 0) is 29.8 Å². The van der Waals surface area contributed by atoms with E-state index in [1.54, 1.807) is 18.2 Å². The van der Waals surface area contributed by atoms with E-state index in [-0.39, 0.29) is 6.61 Å². The van der Waals surface area contributed by atoms with Crippen molar-refractivity contribution in [2.24, 2.45) is 0 Å². The van der Waals surface area contributed by atoms with Crippen molar-refractivity contribution in [2.45, 2.75) is 11.9 Å². The Morgan fingerprint density at radius 3 is 2.21 bits per heavy atom. The molecule has 0 aromatic heterocycles. The van der Waals surface area contributed by atoms with Crippen LogP contribution >= 0.6 is 50.7 Å². The quantitative estimate of drug-likeness (QED) is 0.581. The number of hydrogen-bond acceptors (Lipinski definition) is 1. The highest BCUT2D eigenvalue weighted by atomic mass is 79.9. The van der Waals surface area contributed by atoms with Crippen LogP contribution in [-0.2, 0) is 11.9 Å². The van der Waals surface area contributed by atoms with Crippen LogP contribution in [-0.4, -0.2) is 0 Å². The van der Waals surface area contributed by atoms with Gasteiger partial charge in [0.1, 0.15) is 12.4 Å². The van der Waals surface area contributed by atoms with Crippen LogP contribution in [0.4, 0.5) is 0 Å². The first-order chi connectivity index (χ1) is 9.11. The topological polar surface area (TPSA) is 9.23 Å². The molecule has 0 atom stereocenters. The van der Waals surface area contributed by atoms with Crippen molar-refractivity contribution < 1.29 is 4.74 Å². The summed E-state index contributed by atoms with van der Waals surface area (Å²) in [5.41, 5.74) is 1.85. The lowest BCUT2D eigenvalue weighted by atomic mass is 10.2. The zero-order valence-electron chi connectivity index (χ0n) is 9.80. The third-order valence-electron chi connectivity index (χ3n) is 2.58. The van der Waals surface area contributed by atoms with E-state index in [0.717, 1.165) is 16.5 Å². The molecule has 1 nitrogen and oxygen atoms in total. The van der Waals surface area contributed by atoms with Crippen LogP contribution in [0.15, 0.2) is 36.4 Å². The van der Waals surface area contributed by atoms with Gasteiger partial charge in [-0.15, -0.1) is 0 Å². The van der Waals surface area contributed by atoms with Gasteiger partial charge in [-0.2, -0.15) is 0 Å². The van der Waals surface area contributed by atoms with Crippen LogP contribution in [0.5, 0.6) is 5.75 Å². The molecule has 0 aliphatic rings. The third kappa shape index (κ3) is 3.79. The van der Waals surface area contributed by atoms with Crippen molar-refractivity contribution in [3.05, 3.63) is 62.6 Å². The fraction of sp³-hybridized carbons (Fsp3) is 0.143. The van der Waals surface area contributed by atoms with Gasteiger partial charge in [0, 0.05) is 20.9 Å². The lowest BCUT2D eigenvalue weighted by molar-refractivity contribution is 0.306. The van der Waals surface area contributed by atoms with E-state index in [1.165, 1.54) is 0 Å². The van der Waals surface area contributed by atoms with E-state index in [4.69, 9.17) is 39.5 Å². The summed E-state index contributed by atoms with van der Waals surface area (Å²) in [6, 6.07) is 11.0. The SMILES string of the molecule is Clc1cc(CBr)ccc1OCc1c(Cl)cccc1Cl. The molecular formula is C14H10BrCl3O. The minimum Gasteiger partial charge on any atom is -0.487 e. The summed E-state index contributed by atoms with van der Waals surface area (Å²) >= 11 is 21.7. The summed E-state index contributed by atoms with van der Waals surface area (Å²) in [5, 5.41) is 2.49. The number of rotatable bonds is 4. The Morgan fingerprint density at radius 1 is 0.947 bits per heavy atom. The molecule has 0 bridgehead atoms. The van der Waals surface area contributed by atoms with Crippen molar-refractivity contribution >= 4 is 50.7 Å². The molecule has 19 heavy (non-hydrogen) atoms. The highest BCUT2D eigenvalue weighted by Crippen LogP contribution is 2.30. The predicted molar refractivity (Wildman–Crippen MR) is 84.9 cm³/mol. The van der Waals surface area contributed by atoms with Crippen LogP contribution in [0.25, 0.3) is 0 Å². The third-order valence-corrected chi connectivity index (χ3v) is 4.24. The molecule has 0 aliphatic carbocycles. The van der Waals surface area contributed by atoms with E-state index < -0.39 is 0 Å². The average molecular weight is 380 g/mol. The lowest BCUT2D eigenvalue weighted by Gasteiger charge is -2.11. The summed E-state index contributed by atoms with van der Waals surface area (Å²) in [6.07, 6.45) is 0. The molecule has 0 heterocycles. The Hall–Kier alpha value is -0.410. The molecule has 5 heteroatoms. The van der Waals surface area contributed by atoms with E-state index in [0.29, 0.717) is 20.8 Å². The molecular weight excluding hydrogens is 370 g/mol. The second-order valence-electron chi connectivity index (χ2n) is 3.89.